The number of nitrogens with two attached hydrogens (primary N) is 1. The van der Waals surface area contributed by atoms with Gasteiger partial charge < -0.3 is 5.73 Å². The first-order valence-electron chi connectivity index (χ1n) is 4.71. The van der Waals surface area contributed by atoms with Crippen molar-refractivity contribution in [3.05, 3.63) is 46.2 Å². The molecule has 0 spiro atoms. The lowest BCUT2D eigenvalue weighted by molar-refractivity contribution is 0.857. The summed E-state index contributed by atoms with van der Waals surface area (Å²) in [5.41, 5.74) is 9.06. The summed E-state index contributed by atoms with van der Waals surface area (Å²) in [6.45, 7) is 2.58. The molecule has 2 N–H and O–H groups in total. The van der Waals surface area contributed by atoms with Gasteiger partial charge in [0.05, 0.1) is 16.4 Å². The second-order valence-electron chi connectivity index (χ2n) is 3.44. The molecule has 4 heteroatoms. The third-order valence-corrected chi connectivity index (χ3v) is 2.66. The van der Waals surface area contributed by atoms with Crippen molar-refractivity contribution in [1.82, 2.24) is 9.78 Å². The van der Waals surface area contributed by atoms with Crippen LogP contribution in [-0.4, -0.2) is 9.78 Å². The van der Waals surface area contributed by atoms with Crippen LogP contribution >= 0.6 is 15.9 Å². The van der Waals surface area contributed by atoms with Crippen LogP contribution in [0.1, 0.15) is 11.1 Å². The monoisotopic (exact) mass is 265 g/mol. The Hall–Kier alpha value is -1.13. The van der Waals surface area contributed by atoms with Crippen LogP contribution in [-0.2, 0) is 6.54 Å². The molecule has 0 aliphatic heterocycles. The van der Waals surface area contributed by atoms with Gasteiger partial charge in [0.25, 0.3) is 0 Å². The molecule has 0 atom stereocenters. The van der Waals surface area contributed by atoms with Gasteiger partial charge in [-0.2, -0.15) is 5.10 Å². The predicted octanol–water partition coefficient (Wildman–Crippen LogP) is 2.40. The summed E-state index contributed by atoms with van der Waals surface area (Å²) in [5.74, 6) is 0. The number of hydrogen-bond acceptors (Lipinski definition) is 2. The minimum Gasteiger partial charge on any atom is -0.326 e. The first-order valence-corrected chi connectivity index (χ1v) is 5.50. The fraction of sp³-hybridized carbons (Fsp3) is 0.182. The number of rotatable bonds is 2. The van der Waals surface area contributed by atoms with E-state index >= 15 is 0 Å². The third kappa shape index (κ3) is 2.11. The number of nitrogens with zero attached hydrogens (tertiary/aromatic N) is 2. The molecule has 1 aromatic heterocycles. The number of hydrogen-bond donors (Lipinski definition) is 1. The normalized spacial score (nSPS) is 10.6. The van der Waals surface area contributed by atoms with Crippen LogP contribution in [0.25, 0.3) is 5.69 Å². The summed E-state index contributed by atoms with van der Waals surface area (Å²) in [4.78, 5) is 0. The zero-order chi connectivity index (χ0) is 10.8. The molecule has 1 heterocycles. The maximum absolute atomic E-state index is 5.71. The molecule has 0 unspecified atom stereocenters. The highest BCUT2D eigenvalue weighted by Crippen LogP contribution is 2.17. The van der Waals surface area contributed by atoms with Gasteiger partial charge >= 0.3 is 0 Å². The van der Waals surface area contributed by atoms with Crippen LogP contribution in [0.2, 0.25) is 0 Å². The quantitative estimate of drug-likeness (QED) is 0.907. The van der Waals surface area contributed by atoms with E-state index in [1.165, 1.54) is 5.56 Å². The zero-order valence-electron chi connectivity index (χ0n) is 8.44. The summed E-state index contributed by atoms with van der Waals surface area (Å²) in [7, 11) is 0. The summed E-state index contributed by atoms with van der Waals surface area (Å²) in [6.07, 6.45) is 3.68. The molecular weight excluding hydrogens is 254 g/mol. The molecule has 0 radical (unpaired) electrons. The first kappa shape index (κ1) is 10.4. The minimum atomic E-state index is 0.522. The van der Waals surface area contributed by atoms with E-state index in [4.69, 9.17) is 5.73 Å². The molecule has 1 aromatic carbocycles. The number of aryl methyl sites for hydroxylation is 1. The van der Waals surface area contributed by atoms with Crippen molar-refractivity contribution in [3.63, 3.8) is 0 Å². The molecule has 2 aromatic rings. The van der Waals surface area contributed by atoms with E-state index in [1.807, 2.05) is 16.9 Å². The van der Waals surface area contributed by atoms with Crippen LogP contribution < -0.4 is 5.73 Å². The fourth-order valence-corrected chi connectivity index (χ4v) is 1.82. The van der Waals surface area contributed by atoms with Gasteiger partial charge in [-0.15, -0.1) is 0 Å². The molecule has 0 saturated carbocycles. The molecule has 2 rings (SSSR count). The van der Waals surface area contributed by atoms with Crippen LogP contribution in [0.3, 0.4) is 0 Å². The van der Waals surface area contributed by atoms with E-state index in [-0.39, 0.29) is 0 Å². The molecule has 0 amide bonds. The Bertz CT molecular complexity index is 476. The Morgan fingerprint density at radius 3 is 2.87 bits per heavy atom. The second kappa shape index (κ2) is 4.16. The standard InChI is InChI=1S/C11H12BrN3/c1-8-2-3-11(9(4-8)5-13)15-7-10(12)6-14-15/h2-4,6-7H,5,13H2,1H3. The lowest BCUT2D eigenvalue weighted by atomic mass is 10.1. The van der Waals surface area contributed by atoms with Gasteiger partial charge in [0.15, 0.2) is 0 Å². The number of aromatic nitrogens is 2. The molecule has 0 bridgehead atoms. The highest BCUT2D eigenvalue weighted by atomic mass is 79.9. The highest BCUT2D eigenvalue weighted by molar-refractivity contribution is 9.10. The zero-order valence-corrected chi connectivity index (χ0v) is 10.0. The smallest absolute Gasteiger partial charge is 0.0691 e. The Morgan fingerprint density at radius 2 is 2.27 bits per heavy atom. The van der Waals surface area contributed by atoms with Crippen molar-refractivity contribution >= 4 is 15.9 Å². The molecule has 0 aliphatic rings. The highest BCUT2D eigenvalue weighted by Gasteiger charge is 2.04. The van der Waals surface area contributed by atoms with Crippen LogP contribution in [0.15, 0.2) is 35.1 Å². The van der Waals surface area contributed by atoms with Crippen molar-refractivity contribution in [2.24, 2.45) is 5.73 Å². The van der Waals surface area contributed by atoms with Crippen molar-refractivity contribution in [1.29, 1.82) is 0 Å². The van der Waals surface area contributed by atoms with E-state index < -0.39 is 0 Å². The van der Waals surface area contributed by atoms with Gasteiger partial charge in [0.2, 0.25) is 0 Å². The average molecular weight is 266 g/mol. The topological polar surface area (TPSA) is 43.8 Å². The van der Waals surface area contributed by atoms with E-state index in [1.54, 1.807) is 6.20 Å². The SMILES string of the molecule is Cc1ccc(-n2cc(Br)cn2)c(CN)c1. The third-order valence-electron chi connectivity index (χ3n) is 2.25. The van der Waals surface area contributed by atoms with Gasteiger partial charge in [0.1, 0.15) is 0 Å². The summed E-state index contributed by atoms with van der Waals surface area (Å²) >= 11 is 3.38. The van der Waals surface area contributed by atoms with Crippen LogP contribution in [0.5, 0.6) is 0 Å². The van der Waals surface area contributed by atoms with Gasteiger partial charge in [-0.05, 0) is 34.5 Å². The van der Waals surface area contributed by atoms with Crippen LogP contribution in [0.4, 0.5) is 0 Å². The van der Waals surface area contributed by atoms with Crippen molar-refractivity contribution in [2.45, 2.75) is 13.5 Å². The summed E-state index contributed by atoms with van der Waals surface area (Å²) in [5, 5.41) is 4.24. The molecule has 78 valence electrons. The lowest BCUT2D eigenvalue weighted by Crippen LogP contribution is -2.05. The largest absolute Gasteiger partial charge is 0.326 e. The average Bonchev–Trinajstić information content (AvgIpc) is 2.64. The van der Waals surface area contributed by atoms with Gasteiger partial charge in [0, 0.05) is 12.7 Å². The Kier molecular flexibility index (Phi) is 2.88. The molecule has 0 aliphatic carbocycles. The van der Waals surface area contributed by atoms with Gasteiger partial charge in [-0.3, -0.25) is 0 Å². The first-order chi connectivity index (χ1) is 7.20. The Morgan fingerprint density at radius 1 is 1.47 bits per heavy atom. The van der Waals surface area contributed by atoms with Gasteiger partial charge in [-0.1, -0.05) is 17.7 Å². The van der Waals surface area contributed by atoms with Crippen LogP contribution in [0, 0.1) is 6.92 Å². The summed E-state index contributed by atoms with van der Waals surface area (Å²) in [6, 6.07) is 6.19. The Labute approximate surface area is 97.0 Å². The van der Waals surface area contributed by atoms with Crippen molar-refractivity contribution < 1.29 is 0 Å². The number of benzene rings is 1. The minimum absolute atomic E-state index is 0.522. The molecule has 3 nitrogen and oxygen atoms in total. The van der Waals surface area contributed by atoms with Gasteiger partial charge in [-0.25, -0.2) is 4.68 Å². The van der Waals surface area contributed by atoms with E-state index in [0.29, 0.717) is 6.54 Å². The van der Waals surface area contributed by atoms with Crippen molar-refractivity contribution in [3.8, 4) is 5.69 Å². The lowest BCUT2D eigenvalue weighted by Gasteiger charge is -2.08. The molecule has 15 heavy (non-hydrogen) atoms. The van der Waals surface area contributed by atoms with E-state index in [9.17, 15) is 0 Å². The fourth-order valence-electron chi connectivity index (χ4n) is 1.53. The van der Waals surface area contributed by atoms with E-state index in [2.05, 4.69) is 40.1 Å². The van der Waals surface area contributed by atoms with E-state index in [0.717, 1.165) is 15.7 Å². The maximum atomic E-state index is 5.71. The molecule has 0 fully saturated rings. The second-order valence-corrected chi connectivity index (χ2v) is 4.36. The van der Waals surface area contributed by atoms with Crippen molar-refractivity contribution in [2.75, 3.05) is 0 Å². The number of halogens is 1. The maximum Gasteiger partial charge on any atom is 0.0691 e. The molecule has 0 saturated heterocycles. The predicted molar refractivity (Wildman–Crippen MR) is 63.9 cm³/mol. The summed E-state index contributed by atoms with van der Waals surface area (Å²) < 4.78 is 2.79. The molecular formula is C11H12BrN3. The Balaban J connectivity index is 2.52.